The highest BCUT2D eigenvalue weighted by molar-refractivity contribution is 6.62. The minimum Gasteiger partial charge on any atom is -0.488 e. The minimum absolute atomic E-state index is 0.179. The standard InChI is InChI=1S/C24H39BClNO5/c1-16(2)14-24(10,30-20(28)27-21(3,4)5)15-29-19-12-11-17(13-18(19)26)25-31-22(6,7)23(8,9)32-25/h11-13,16H,14-15H2,1-10H3,(H,27,28)/t24-/m0/s1. The first kappa shape index (κ1) is 26.8. The number of ether oxygens (including phenoxy) is 2. The Kier molecular flexibility index (Phi) is 7.91. The van der Waals surface area contributed by atoms with Crippen LogP contribution in [-0.4, -0.2) is 42.2 Å². The van der Waals surface area contributed by atoms with Gasteiger partial charge < -0.3 is 24.1 Å². The third kappa shape index (κ3) is 7.03. The Morgan fingerprint density at radius 1 is 1.12 bits per heavy atom. The summed E-state index contributed by atoms with van der Waals surface area (Å²) < 4.78 is 24.0. The molecule has 1 N–H and O–H groups in total. The summed E-state index contributed by atoms with van der Waals surface area (Å²) in [5.74, 6) is 0.828. The van der Waals surface area contributed by atoms with Gasteiger partial charge in [-0.2, -0.15) is 0 Å². The highest BCUT2D eigenvalue weighted by Crippen LogP contribution is 2.37. The van der Waals surface area contributed by atoms with Crippen molar-refractivity contribution in [2.75, 3.05) is 6.61 Å². The van der Waals surface area contributed by atoms with E-state index in [-0.39, 0.29) is 12.1 Å². The van der Waals surface area contributed by atoms with E-state index in [9.17, 15) is 4.79 Å². The maximum absolute atomic E-state index is 12.4. The number of hydrogen-bond acceptors (Lipinski definition) is 5. The minimum atomic E-state index is -0.808. The number of halogens is 1. The van der Waals surface area contributed by atoms with E-state index in [1.165, 1.54) is 0 Å². The van der Waals surface area contributed by atoms with Crippen LogP contribution >= 0.6 is 11.6 Å². The molecule has 0 bridgehead atoms. The largest absolute Gasteiger partial charge is 0.494 e. The molecule has 1 aromatic carbocycles. The summed E-state index contributed by atoms with van der Waals surface area (Å²) in [6.45, 7) is 20.0. The van der Waals surface area contributed by atoms with Crippen molar-refractivity contribution < 1.29 is 23.6 Å². The van der Waals surface area contributed by atoms with Crippen LogP contribution in [0.1, 0.15) is 75.7 Å². The predicted octanol–water partition coefficient (Wildman–Crippen LogP) is 5.35. The second-order valence-electron chi connectivity index (χ2n) is 11.4. The van der Waals surface area contributed by atoms with Gasteiger partial charge in [-0.25, -0.2) is 4.79 Å². The number of nitrogens with one attached hydrogen (secondary N) is 1. The number of alkyl carbamates (subject to hydrolysis) is 1. The molecule has 6 nitrogen and oxygen atoms in total. The van der Waals surface area contributed by atoms with Crippen LogP contribution in [0.25, 0.3) is 0 Å². The van der Waals surface area contributed by atoms with Crippen molar-refractivity contribution in [1.29, 1.82) is 0 Å². The Bertz CT molecular complexity index is 805. The predicted molar refractivity (Wildman–Crippen MR) is 130 cm³/mol. The third-order valence-electron chi connectivity index (χ3n) is 5.67. The van der Waals surface area contributed by atoms with Crippen LogP contribution in [-0.2, 0) is 14.0 Å². The van der Waals surface area contributed by atoms with E-state index in [4.69, 9.17) is 30.4 Å². The zero-order chi connectivity index (χ0) is 24.5. The molecule has 0 radical (unpaired) electrons. The average Bonchev–Trinajstić information content (AvgIpc) is 2.78. The number of hydrogen-bond donors (Lipinski definition) is 1. The van der Waals surface area contributed by atoms with Crippen LogP contribution in [0.15, 0.2) is 18.2 Å². The van der Waals surface area contributed by atoms with Crippen LogP contribution in [0, 0.1) is 5.92 Å². The van der Waals surface area contributed by atoms with Gasteiger partial charge in [0.2, 0.25) is 0 Å². The maximum Gasteiger partial charge on any atom is 0.494 e. The van der Waals surface area contributed by atoms with Gasteiger partial charge in [-0.05, 0) is 85.3 Å². The quantitative estimate of drug-likeness (QED) is 0.548. The lowest BCUT2D eigenvalue weighted by molar-refractivity contribution is -0.0249. The fraction of sp³-hybridized carbons (Fsp3) is 0.708. The molecule has 32 heavy (non-hydrogen) atoms. The van der Waals surface area contributed by atoms with Crippen molar-refractivity contribution in [3.8, 4) is 5.75 Å². The first-order valence-corrected chi connectivity index (χ1v) is 11.6. The van der Waals surface area contributed by atoms with Crippen LogP contribution in [0.5, 0.6) is 5.75 Å². The molecule has 1 aliphatic rings. The molecule has 180 valence electrons. The smallest absolute Gasteiger partial charge is 0.488 e. The molecule has 2 rings (SSSR count). The van der Waals surface area contributed by atoms with Gasteiger partial charge in [-0.1, -0.05) is 31.5 Å². The van der Waals surface area contributed by atoms with Gasteiger partial charge in [0.1, 0.15) is 18.0 Å². The van der Waals surface area contributed by atoms with Crippen LogP contribution < -0.4 is 15.5 Å². The second-order valence-corrected chi connectivity index (χ2v) is 11.8. The van der Waals surface area contributed by atoms with Crippen molar-refractivity contribution >= 4 is 30.3 Å². The number of carbonyl (C=O) groups excluding carboxylic acids is 1. The Hall–Kier alpha value is -1.44. The van der Waals surface area contributed by atoms with Crippen molar-refractivity contribution in [2.45, 2.75) is 98.0 Å². The molecule has 1 amide bonds. The van der Waals surface area contributed by atoms with E-state index in [1.54, 1.807) is 12.1 Å². The van der Waals surface area contributed by atoms with E-state index in [0.717, 1.165) is 5.46 Å². The number of benzene rings is 1. The number of carbonyl (C=O) groups is 1. The molecular formula is C24H39BClNO5. The summed E-state index contributed by atoms with van der Waals surface area (Å²) >= 11 is 6.52. The summed E-state index contributed by atoms with van der Waals surface area (Å²) in [6.07, 6.45) is 0.181. The van der Waals surface area contributed by atoms with Gasteiger partial charge in [0, 0.05) is 5.54 Å². The molecule has 0 unspecified atom stereocenters. The zero-order valence-corrected chi connectivity index (χ0v) is 22.0. The molecule has 0 aromatic heterocycles. The average molecular weight is 468 g/mol. The molecular weight excluding hydrogens is 429 g/mol. The number of amides is 1. The van der Waals surface area contributed by atoms with E-state index in [0.29, 0.717) is 23.1 Å². The normalized spacial score (nSPS) is 19.6. The Morgan fingerprint density at radius 3 is 2.16 bits per heavy atom. The first-order chi connectivity index (χ1) is 14.4. The molecule has 1 atom stereocenters. The molecule has 1 aliphatic heterocycles. The lowest BCUT2D eigenvalue weighted by atomic mass is 9.79. The Morgan fingerprint density at radius 2 is 1.69 bits per heavy atom. The SMILES string of the molecule is CC(C)C[C@@](C)(COc1ccc(B2OC(C)(C)C(C)(C)O2)cc1Cl)OC(=O)NC(C)(C)C. The summed E-state index contributed by atoms with van der Waals surface area (Å²) in [4.78, 5) is 12.4. The van der Waals surface area contributed by atoms with Gasteiger partial charge in [0.25, 0.3) is 0 Å². The van der Waals surface area contributed by atoms with Gasteiger partial charge in [-0.15, -0.1) is 0 Å². The lowest BCUT2D eigenvalue weighted by Crippen LogP contribution is -2.47. The monoisotopic (exact) mass is 467 g/mol. The first-order valence-electron chi connectivity index (χ1n) is 11.2. The molecule has 1 fully saturated rings. The van der Waals surface area contributed by atoms with Crippen LogP contribution in [0.3, 0.4) is 0 Å². The molecule has 8 heteroatoms. The maximum atomic E-state index is 12.4. The van der Waals surface area contributed by atoms with Crippen molar-refractivity contribution in [3.63, 3.8) is 0 Å². The lowest BCUT2D eigenvalue weighted by Gasteiger charge is -2.32. The summed E-state index contributed by atoms with van der Waals surface area (Å²) in [5, 5.41) is 3.29. The third-order valence-corrected chi connectivity index (χ3v) is 5.97. The Labute approximate surface area is 198 Å². The van der Waals surface area contributed by atoms with Crippen LogP contribution in [0.4, 0.5) is 4.79 Å². The molecule has 0 spiro atoms. The van der Waals surface area contributed by atoms with Crippen LogP contribution in [0.2, 0.25) is 5.02 Å². The summed E-state index contributed by atoms with van der Waals surface area (Å²) in [5.41, 5.74) is -1.22. The fourth-order valence-corrected chi connectivity index (χ4v) is 3.78. The van der Waals surface area contributed by atoms with Crippen molar-refractivity contribution in [1.82, 2.24) is 5.32 Å². The molecule has 1 saturated heterocycles. The summed E-state index contributed by atoms with van der Waals surface area (Å²) in [7, 11) is -0.498. The van der Waals surface area contributed by atoms with Crippen molar-refractivity contribution in [2.24, 2.45) is 5.92 Å². The second kappa shape index (κ2) is 9.44. The molecule has 0 aliphatic carbocycles. The Balaban J connectivity index is 2.11. The van der Waals surface area contributed by atoms with Gasteiger partial charge >= 0.3 is 13.2 Å². The number of rotatable bonds is 7. The molecule has 0 saturated carbocycles. The highest BCUT2D eigenvalue weighted by atomic mass is 35.5. The topological polar surface area (TPSA) is 66.0 Å². The van der Waals surface area contributed by atoms with E-state index in [1.807, 2.05) is 61.5 Å². The van der Waals surface area contributed by atoms with E-state index in [2.05, 4.69) is 19.2 Å². The molecule has 1 aromatic rings. The summed E-state index contributed by atoms with van der Waals surface area (Å²) in [6, 6.07) is 5.48. The van der Waals surface area contributed by atoms with E-state index >= 15 is 0 Å². The highest BCUT2D eigenvalue weighted by Gasteiger charge is 2.51. The van der Waals surface area contributed by atoms with Gasteiger partial charge in [0.05, 0.1) is 16.2 Å². The molecule has 1 heterocycles. The van der Waals surface area contributed by atoms with Crippen molar-refractivity contribution in [3.05, 3.63) is 23.2 Å². The zero-order valence-electron chi connectivity index (χ0n) is 21.2. The van der Waals surface area contributed by atoms with E-state index < -0.39 is 30.0 Å². The fourth-order valence-electron chi connectivity index (χ4n) is 3.54. The van der Waals surface area contributed by atoms with Gasteiger partial charge in [0.15, 0.2) is 0 Å². The van der Waals surface area contributed by atoms with Gasteiger partial charge in [-0.3, -0.25) is 0 Å².